The van der Waals surface area contributed by atoms with Crippen LogP contribution in [0.15, 0.2) is 39.9 Å². The van der Waals surface area contributed by atoms with Gasteiger partial charge in [-0.25, -0.2) is 4.79 Å². The number of aromatic nitrogens is 1. The van der Waals surface area contributed by atoms with Gasteiger partial charge < -0.3 is 9.88 Å². The van der Waals surface area contributed by atoms with Crippen LogP contribution in [0.5, 0.6) is 0 Å². The number of benzene rings is 1. The van der Waals surface area contributed by atoms with E-state index in [1.807, 2.05) is 24.3 Å². The molecule has 0 atom stereocenters. The number of hydrogen-bond acceptors (Lipinski definition) is 4. The highest BCUT2D eigenvalue weighted by molar-refractivity contribution is 9.10. The fraction of sp³-hybridized carbons (Fsp3) is 0.231. The topological polar surface area (TPSA) is 89.5 Å². The molecule has 0 fully saturated rings. The van der Waals surface area contributed by atoms with Gasteiger partial charge in [0.1, 0.15) is 0 Å². The first-order chi connectivity index (χ1) is 10.5. The lowest BCUT2D eigenvalue weighted by Crippen LogP contribution is -2.24. The molecule has 0 saturated carbocycles. The first-order valence-electron chi connectivity index (χ1n) is 6.41. The van der Waals surface area contributed by atoms with E-state index in [9.17, 15) is 14.9 Å². The highest BCUT2D eigenvalue weighted by atomic mass is 79.9. The predicted octanol–water partition coefficient (Wildman–Crippen LogP) is 2.90. The Labute approximate surface area is 138 Å². The summed E-state index contributed by atoms with van der Waals surface area (Å²) >= 11 is 4.25. The highest BCUT2D eigenvalue weighted by Gasteiger charge is 2.13. The molecular formula is C13H13BrN4O3S. The van der Waals surface area contributed by atoms with Crippen molar-refractivity contribution in [2.45, 2.75) is 13.5 Å². The van der Waals surface area contributed by atoms with E-state index in [1.165, 1.54) is 6.20 Å². The van der Waals surface area contributed by atoms with Crippen molar-refractivity contribution in [1.29, 1.82) is 0 Å². The fourth-order valence-electron chi connectivity index (χ4n) is 1.76. The fourth-order valence-corrected chi connectivity index (χ4v) is 3.01. The molecule has 0 saturated heterocycles. The zero-order valence-electron chi connectivity index (χ0n) is 11.7. The minimum Gasteiger partial charge on any atom is -0.336 e. The summed E-state index contributed by atoms with van der Waals surface area (Å²) in [6.45, 7) is 2.61. The molecule has 0 bridgehead atoms. The van der Waals surface area contributed by atoms with Crippen molar-refractivity contribution in [3.63, 3.8) is 0 Å². The molecule has 1 N–H and O–H groups in total. The lowest BCUT2D eigenvalue weighted by molar-refractivity contribution is -0.380. The summed E-state index contributed by atoms with van der Waals surface area (Å²) in [6, 6.07) is 7.07. The normalized spacial score (nSPS) is 11.5. The van der Waals surface area contributed by atoms with Gasteiger partial charge in [-0.3, -0.25) is 10.1 Å². The molecule has 0 aliphatic rings. The van der Waals surface area contributed by atoms with E-state index < -0.39 is 11.0 Å². The van der Waals surface area contributed by atoms with Crippen LogP contribution in [-0.4, -0.2) is 22.1 Å². The van der Waals surface area contributed by atoms with E-state index in [0.29, 0.717) is 13.1 Å². The molecule has 116 valence electrons. The smallest absolute Gasteiger partial charge is 0.336 e. The van der Waals surface area contributed by atoms with Crippen LogP contribution in [0.3, 0.4) is 0 Å². The van der Waals surface area contributed by atoms with Crippen molar-refractivity contribution in [3.8, 4) is 0 Å². The van der Waals surface area contributed by atoms with Gasteiger partial charge in [-0.05, 0) is 36.0 Å². The maximum Gasteiger partial charge on any atom is 0.343 e. The number of amides is 2. The van der Waals surface area contributed by atoms with Crippen LogP contribution in [-0.2, 0) is 6.54 Å². The first-order valence-corrected chi connectivity index (χ1v) is 8.02. The number of nitrogens with one attached hydrogen (secondary N) is 1. The second-order valence-corrected chi connectivity index (χ2v) is 6.22. The van der Waals surface area contributed by atoms with Crippen molar-refractivity contribution >= 4 is 38.3 Å². The Bertz CT molecular complexity index is 769. The van der Waals surface area contributed by atoms with Crippen molar-refractivity contribution < 1.29 is 9.72 Å². The molecule has 0 aliphatic heterocycles. The number of rotatable bonds is 4. The molecule has 0 radical (unpaired) electrons. The molecule has 9 heteroatoms. The van der Waals surface area contributed by atoms with Gasteiger partial charge in [0.15, 0.2) is 0 Å². The highest BCUT2D eigenvalue weighted by Crippen LogP contribution is 2.17. The van der Waals surface area contributed by atoms with Crippen LogP contribution in [0, 0.1) is 10.1 Å². The molecule has 1 heterocycles. The van der Waals surface area contributed by atoms with E-state index in [2.05, 4.69) is 26.2 Å². The molecule has 7 nitrogen and oxygen atoms in total. The maximum absolute atomic E-state index is 11.6. The van der Waals surface area contributed by atoms with Gasteiger partial charge in [-0.1, -0.05) is 28.1 Å². The first kappa shape index (κ1) is 16.4. The van der Waals surface area contributed by atoms with Crippen LogP contribution < -0.4 is 10.1 Å². The van der Waals surface area contributed by atoms with Crippen molar-refractivity contribution in [2.24, 2.45) is 4.99 Å². The quantitative estimate of drug-likeness (QED) is 0.648. The minimum absolute atomic E-state index is 0.0574. The molecule has 0 aliphatic carbocycles. The second kappa shape index (κ2) is 7.32. The number of urea groups is 1. The van der Waals surface area contributed by atoms with Crippen LogP contribution in [0.4, 0.5) is 9.80 Å². The zero-order chi connectivity index (χ0) is 16.1. The third kappa shape index (κ3) is 4.25. The van der Waals surface area contributed by atoms with Gasteiger partial charge in [-0.15, -0.1) is 0 Å². The average molecular weight is 385 g/mol. The molecular weight excluding hydrogens is 372 g/mol. The number of thiazole rings is 1. The second-order valence-electron chi connectivity index (χ2n) is 4.31. The van der Waals surface area contributed by atoms with Gasteiger partial charge in [0.05, 0.1) is 17.7 Å². The van der Waals surface area contributed by atoms with Crippen LogP contribution in [0.25, 0.3) is 0 Å². The van der Waals surface area contributed by atoms with Crippen molar-refractivity contribution in [1.82, 2.24) is 9.88 Å². The van der Waals surface area contributed by atoms with Crippen LogP contribution in [0.1, 0.15) is 12.5 Å². The molecule has 0 unspecified atom stereocenters. The number of carbonyl (C=O) groups excluding carboxylic acids is 1. The van der Waals surface area contributed by atoms with Crippen LogP contribution >= 0.6 is 27.3 Å². The Kier molecular flexibility index (Phi) is 5.45. The Hall–Kier alpha value is -2.00. The van der Waals surface area contributed by atoms with Gasteiger partial charge in [0.25, 0.3) is 0 Å². The summed E-state index contributed by atoms with van der Waals surface area (Å²) in [7, 11) is 0. The number of halogens is 1. The predicted molar refractivity (Wildman–Crippen MR) is 86.8 cm³/mol. The lowest BCUT2D eigenvalue weighted by atomic mass is 10.2. The van der Waals surface area contributed by atoms with Crippen molar-refractivity contribution in [2.75, 3.05) is 6.54 Å². The maximum atomic E-state index is 11.6. The monoisotopic (exact) mass is 384 g/mol. The Morgan fingerprint density at radius 3 is 2.95 bits per heavy atom. The van der Waals surface area contributed by atoms with E-state index in [1.54, 1.807) is 11.5 Å². The molecule has 2 aromatic rings. The van der Waals surface area contributed by atoms with Gasteiger partial charge in [0.2, 0.25) is 4.80 Å². The molecule has 22 heavy (non-hydrogen) atoms. The molecule has 1 aromatic heterocycles. The average Bonchev–Trinajstić information content (AvgIpc) is 2.82. The lowest BCUT2D eigenvalue weighted by Gasteiger charge is -2.03. The SMILES string of the molecule is CCNC(=O)/N=c1\sc([N+](=O)[O-])cn1Cc1cccc(Br)c1. The van der Waals surface area contributed by atoms with E-state index >= 15 is 0 Å². The molecule has 2 amide bonds. The summed E-state index contributed by atoms with van der Waals surface area (Å²) < 4.78 is 2.51. The number of carbonyl (C=O) groups is 1. The van der Waals surface area contributed by atoms with Gasteiger partial charge >= 0.3 is 11.0 Å². The zero-order valence-corrected chi connectivity index (χ0v) is 14.1. The van der Waals surface area contributed by atoms with Crippen molar-refractivity contribution in [3.05, 3.63) is 55.4 Å². The Morgan fingerprint density at radius 2 is 2.32 bits per heavy atom. The number of nitro groups is 1. The van der Waals surface area contributed by atoms with E-state index in [4.69, 9.17) is 0 Å². The van der Waals surface area contributed by atoms with E-state index in [0.717, 1.165) is 21.4 Å². The third-order valence-electron chi connectivity index (χ3n) is 2.65. The summed E-state index contributed by atoms with van der Waals surface area (Å²) in [5.74, 6) is 0. The molecule has 0 spiro atoms. The standard InChI is InChI=1S/C13H13BrN4O3S/c1-2-15-12(19)16-13-17(8-11(22-13)18(20)21)7-9-4-3-5-10(14)6-9/h3-6,8H,2,7H2,1H3,(H,15,19)/b16-13-. The Balaban J connectivity index is 2.40. The van der Waals surface area contributed by atoms with Gasteiger partial charge in [-0.2, -0.15) is 4.99 Å². The third-order valence-corrected chi connectivity index (χ3v) is 4.12. The minimum atomic E-state index is -0.512. The largest absolute Gasteiger partial charge is 0.343 e. The van der Waals surface area contributed by atoms with E-state index in [-0.39, 0.29) is 9.80 Å². The summed E-state index contributed by atoms with van der Waals surface area (Å²) in [6.07, 6.45) is 1.39. The molecule has 1 aromatic carbocycles. The van der Waals surface area contributed by atoms with Crippen LogP contribution in [0.2, 0.25) is 0 Å². The summed E-state index contributed by atoms with van der Waals surface area (Å²) in [4.78, 5) is 26.2. The number of nitrogens with zero attached hydrogens (tertiary/aromatic N) is 3. The number of hydrogen-bond donors (Lipinski definition) is 1. The summed E-state index contributed by atoms with van der Waals surface area (Å²) in [5.41, 5.74) is 0.944. The Morgan fingerprint density at radius 1 is 1.55 bits per heavy atom. The summed E-state index contributed by atoms with van der Waals surface area (Å²) in [5, 5.41) is 13.4. The van der Waals surface area contributed by atoms with Gasteiger partial charge in [0, 0.05) is 11.0 Å². The molecule has 2 rings (SSSR count).